The molecule has 0 bridgehead atoms. The average molecular weight is 336 g/mol. The number of rotatable bonds is 0. The molecule has 1 atom stereocenters. The van der Waals surface area contributed by atoms with Crippen LogP contribution in [-0.2, 0) is 16.8 Å². The molecule has 20 heavy (non-hydrogen) atoms. The first-order valence-electron chi connectivity index (χ1n) is 6.72. The summed E-state index contributed by atoms with van der Waals surface area (Å²) in [5, 5.41) is 0. The summed E-state index contributed by atoms with van der Waals surface area (Å²) in [6.07, 6.45) is 1.88. The predicted octanol–water partition coefficient (Wildman–Crippen LogP) is 2.40. The van der Waals surface area contributed by atoms with Gasteiger partial charge in [0.1, 0.15) is 0 Å². The van der Waals surface area contributed by atoms with E-state index in [1.807, 2.05) is 12.1 Å². The van der Waals surface area contributed by atoms with E-state index in [9.17, 15) is 4.79 Å². The molecule has 0 saturated heterocycles. The van der Waals surface area contributed by atoms with Gasteiger partial charge in [0, 0.05) is 16.9 Å². The number of aryl methyl sites for hydroxylation is 1. The van der Waals surface area contributed by atoms with E-state index < -0.39 is 5.54 Å². The molecule has 1 amide bonds. The summed E-state index contributed by atoms with van der Waals surface area (Å²) in [6.45, 7) is 4.20. The molecule has 1 unspecified atom stereocenters. The number of hydrogen-bond donors (Lipinski definition) is 1. The minimum Gasteiger partial charge on any atom is -0.369 e. The monoisotopic (exact) mass is 335 g/mol. The third-order valence-electron chi connectivity index (χ3n) is 4.70. The molecule has 0 fully saturated rings. The van der Waals surface area contributed by atoms with Crippen LogP contribution in [0.2, 0.25) is 0 Å². The zero-order chi connectivity index (χ0) is 14.7. The molecule has 1 heterocycles. The lowest BCUT2D eigenvalue weighted by Gasteiger charge is -2.45. The largest absolute Gasteiger partial charge is 0.369 e. The number of guanidine groups is 1. The van der Waals surface area contributed by atoms with Crippen LogP contribution >= 0.6 is 15.9 Å². The van der Waals surface area contributed by atoms with Gasteiger partial charge in [0.15, 0.2) is 11.5 Å². The number of nitrogens with two attached hydrogens (primary N) is 1. The highest BCUT2D eigenvalue weighted by molar-refractivity contribution is 9.10. The second-order valence-corrected chi connectivity index (χ2v) is 7.15. The molecule has 0 aromatic heterocycles. The summed E-state index contributed by atoms with van der Waals surface area (Å²) >= 11 is 3.50. The van der Waals surface area contributed by atoms with Crippen molar-refractivity contribution in [2.45, 2.75) is 32.2 Å². The van der Waals surface area contributed by atoms with Gasteiger partial charge in [-0.25, -0.2) is 4.99 Å². The fourth-order valence-electron chi connectivity index (χ4n) is 3.35. The molecule has 4 nitrogen and oxygen atoms in total. The van der Waals surface area contributed by atoms with E-state index in [-0.39, 0.29) is 11.3 Å². The molecule has 1 spiro atoms. The molecule has 0 radical (unpaired) electrons. The van der Waals surface area contributed by atoms with Crippen LogP contribution in [0.1, 0.15) is 31.4 Å². The molecule has 5 heteroatoms. The Balaban J connectivity index is 2.33. The number of hydrogen-bond acceptors (Lipinski definition) is 3. The molecule has 0 saturated carbocycles. The Morgan fingerprint density at radius 1 is 1.40 bits per heavy atom. The van der Waals surface area contributed by atoms with Crippen LogP contribution in [0.25, 0.3) is 0 Å². The second-order valence-electron chi connectivity index (χ2n) is 6.23. The molecule has 1 aliphatic carbocycles. The van der Waals surface area contributed by atoms with E-state index >= 15 is 0 Å². The third kappa shape index (κ3) is 1.53. The molecule has 2 N–H and O–H groups in total. The number of carbonyl (C=O) groups excluding carboxylic acids is 1. The fourth-order valence-corrected chi connectivity index (χ4v) is 3.71. The summed E-state index contributed by atoms with van der Waals surface area (Å²) < 4.78 is 0.962. The van der Waals surface area contributed by atoms with Crippen molar-refractivity contribution < 1.29 is 4.79 Å². The van der Waals surface area contributed by atoms with Gasteiger partial charge in [0.2, 0.25) is 0 Å². The molecule has 106 valence electrons. The summed E-state index contributed by atoms with van der Waals surface area (Å²) in [6, 6.07) is 6.11. The van der Waals surface area contributed by atoms with Crippen LogP contribution in [0.5, 0.6) is 0 Å². The number of amides is 1. The van der Waals surface area contributed by atoms with Crippen LogP contribution < -0.4 is 5.73 Å². The Morgan fingerprint density at radius 3 is 2.70 bits per heavy atom. The summed E-state index contributed by atoms with van der Waals surface area (Å²) in [4.78, 5) is 19.0. The van der Waals surface area contributed by atoms with Crippen molar-refractivity contribution in [2.75, 3.05) is 7.05 Å². The Labute approximate surface area is 127 Å². The van der Waals surface area contributed by atoms with Crippen molar-refractivity contribution in [3.63, 3.8) is 0 Å². The van der Waals surface area contributed by atoms with Gasteiger partial charge in [0.05, 0.1) is 0 Å². The first-order valence-corrected chi connectivity index (χ1v) is 7.51. The maximum Gasteiger partial charge on any atom is 0.262 e. The quantitative estimate of drug-likeness (QED) is 0.791. The maximum absolute atomic E-state index is 12.9. The molecular weight excluding hydrogens is 318 g/mol. The normalized spacial score (nSPS) is 27.7. The van der Waals surface area contributed by atoms with Crippen molar-refractivity contribution in [3.05, 3.63) is 33.8 Å². The summed E-state index contributed by atoms with van der Waals surface area (Å²) in [7, 11) is 1.69. The zero-order valence-corrected chi connectivity index (χ0v) is 13.5. The van der Waals surface area contributed by atoms with E-state index in [0.29, 0.717) is 5.96 Å². The Bertz CT molecular complexity index is 638. The Morgan fingerprint density at radius 2 is 2.10 bits per heavy atom. The predicted molar refractivity (Wildman–Crippen MR) is 82.3 cm³/mol. The van der Waals surface area contributed by atoms with E-state index in [1.165, 1.54) is 10.5 Å². The minimum absolute atomic E-state index is 0.0287. The van der Waals surface area contributed by atoms with Crippen LogP contribution in [-0.4, -0.2) is 23.8 Å². The van der Waals surface area contributed by atoms with Gasteiger partial charge >= 0.3 is 0 Å². The lowest BCUT2D eigenvalue weighted by molar-refractivity contribution is -0.135. The number of halogens is 1. The van der Waals surface area contributed by atoms with Gasteiger partial charge < -0.3 is 5.73 Å². The molecule has 2 aliphatic rings. The van der Waals surface area contributed by atoms with Crippen LogP contribution in [0, 0.1) is 5.41 Å². The minimum atomic E-state index is -0.886. The lowest BCUT2D eigenvalue weighted by atomic mass is 9.60. The number of likely N-dealkylation sites (N-methyl/N-ethyl adjacent to an activating group) is 1. The number of fused-ring (bicyclic) bond motifs is 2. The van der Waals surface area contributed by atoms with Crippen molar-refractivity contribution in [1.82, 2.24) is 4.90 Å². The zero-order valence-electron chi connectivity index (χ0n) is 11.9. The van der Waals surface area contributed by atoms with E-state index in [4.69, 9.17) is 5.73 Å². The molecule has 1 aromatic carbocycles. The first kappa shape index (κ1) is 13.6. The fraction of sp³-hybridized carbons (Fsp3) is 0.467. The standard InChI is InChI=1S/C15H18BrN3O/c1-14(2)7-6-9-4-5-10(16)8-11(9)15(14)12(20)19(3)13(17)18-15/h4-5,8H,6-7H2,1-3H3,(H2,17,18). The smallest absolute Gasteiger partial charge is 0.262 e. The SMILES string of the molecule is CN1C(=O)C2(N=C1N)c1cc(Br)ccc1CCC2(C)C. The van der Waals surface area contributed by atoms with Crippen LogP contribution in [0.15, 0.2) is 27.7 Å². The molecule has 1 aromatic rings. The average Bonchev–Trinajstić information content (AvgIpc) is 2.61. The van der Waals surface area contributed by atoms with Gasteiger partial charge in [-0.3, -0.25) is 9.69 Å². The highest BCUT2D eigenvalue weighted by Gasteiger charge is 2.59. The van der Waals surface area contributed by atoms with Crippen molar-refractivity contribution >= 4 is 27.8 Å². The van der Waals surface area contributed by atoms with E-state index in [0.717, 1.165) is 22.9 Å². The first-order chi connectivity index (χ1) is 9.29. The van der Waals surface area contributed by atoms with Crippen molar-refractivity contribution in [3.8, 4) is 0 Å². The highest BCUT2D eigenvalue weighted by atomic mass is 79.9. The molecule has 3 rings (SSSR count). The number of nitrogens with zero attached hydrogens (tertiary/aromatic N) is 2. The maximum atomic E-state index is 12.9. The lowest BCUT2D eigenvalue weighted by Crippen LogP contribution is -2.51. The van der Waals surface area contributed by atoms with Gasteiger partial charge in [-0.1, -0.05) is 35.8 Å². The van der Waals surface area contributed by atoms with Gasteiger partial charge in [-0.15, -0.1) is 0 Å². The Kier molecular flexibility index (Phi) is 2.77. The number of benzene rings is 1. The summed E-state index contributed by atoms with van der Waals surface area (Å²) in [5.41, 5.74) is 6.97. The van der Waals surface area contributed by atoms with Crippen LogP contribution in [0.3, 0.4) is 0 Å². The number of aliphatic imine (C=N–C) groups is 1. The van der Waals surface area contributed by atoms with Crippen LogP contribution in [0.4, 0.5) is 0 Å². The number of carbonyl (C=O) groups is 1. The Hall–Kier alpha value is -1.36. The second kappa shape index (κ2) is 4.07. The van der Waals surface area contributed by atoms with Gasteiger partial charge in [0.25, 0.3) is 5.91 Å². The van der Waals surface area contributed by atoms with Gasteiger partial charge in [-0.2, -0.15) is 0 Å². The van der Waals surface area contributed by atoms with E-state index in [2.05, 4.69) is 40.8 Å². The summed E-state index contributed by atoms with van der Waals surface area (Å²) in [5.74, 6) is 0.273. The molecular formula is C15H18BrN3O. The topological polar surface area (TPSA) is 58.7 Å². The molecule has 1 aliphatic heterocycles. The van der Waals surface area contributed by atoms with Gasteiger partial charge in [-0.05, 0) is 36.1 Å². The van der Waals surface area contributed by atoms with Crippen molar-refractivity contribution in [2.24, 2.45) is 16.1 Å². The van der Waals surface area contributed by atoms with Crippen molar-refractivity contribution in [1.29, 1.82) is 0 Å². The van der Waals surface area contributed by atoms with E-state index in [1.54, 1.807) is 7.05 Å². The highest BCUT2D eigenvalue weighted by Crippen LogP contribution is 2.54. The third-order valence-corrected chi connectivity index (χ3v) is 5.19.